The van der Waals surface area contributed by atoms with Gasteiger partial charge in [-0.25, -0.2) is 4.39 Å². The summed E-state index contributed by atoms with van der Waals surface area (Å²) >= 11 is 0. The molecule has 102 valence electrons. The number of fused-ring (bicyclic) bond motifs is 1. The van der Waals surface area contributed by atoms with Gasteiger partial charge in [0.2, 0.25) is 0 Å². The van der Waals surface area contributed by atoms with E-state index < -0.39 is 0 Å². The largest absolute Gasteiger partial charge is 0.490 e. The van der Waals surface area contributed by atoms with E-state index in [9.17, 15) is 9.18 Å². The summed E-state index contributed by atoms with van der Waals surface area (Å²) < 4.78 is 19.2. The Bertz CT molecular complexity index is 664. The Hall–Kier alpha value is -2.16. The van der Waals surface area contributed by atoms with Crippen molar-refractivity contribution < 1.29 is 13.9 Å². The lowest BCUT2D eigenvalue weighted by molar-refractivity contribution is 0.0991. The van der Waals surface area contributed by atoms with Gasteiger partial charge < -0.3 is 4.74 Å². The maximum atomic E-state index is 13.6. The number of ketones is 1. The van der Waals surface area contributed by atoms with Crippen LogP contribution in [0.15, 0.2) is 42.5 Å². The molecular weight excluding hydrogens is 255 g/mol. The van der Waals surface area contributed by atoms with Gasteiger partial charge >= 0.3 is 0 Å². The number of Topliss-reactive ketones (excluding diaryl/α,β-unsaturated/α-hetero) is 1. The van der Waals surface area contributed by atoms with E-state index in [0.29, 0.717) is 11.1 Å². The van der Waals surface area contributed by atoms with E-state index in [2.05, 4.69) is 0 Å². The highest BCUT2D eigenvalue weighted by atomic mass is 19.1. The first-order valence-corrected chi connectivity index (χ1v) is 6.69. The molecule has 2 aromatic carbocycles. The second-order valence-corrected chi connectivity index (χ2v) is 5.15. The minimum Gasteiger partial charge on any atom is -0.490 e. The molecule has 0 saturated carbocycles. The third kappa shape index (κ3) is 2.44. The van der Waals surface area contributed by atoms with Crippen LogP contribution in [0.5, 0.6) is 5.75 Å². The number of rotatable bonds is 3. The molecule has 0 aromatic heterocycles. The molecule has 0 saturated heterocycles. The van der Waals surface area contributed by atoms with Crippen LogP contribution in [-0.2, 0) is 12.8 Å². The van der Waals surface area contributed by atoms with E-state index in [1.807, 2.05) is 19.1 Å². The first kappa shape index (κ1) is 12.9. The molecule has 1 heterocycles. The fraction of sp³-hybridized carbons (Fsp3) is 0.235. The molecule has 0 fully saturated rings. The van der Waals surface area contributed by atoms with Crippen LogP contribution < -0.4 is 4.74 Å². The van der Waals surface area contributed by atoms with Crippen LogP contribution >= 0.6 is 0 Å². The average Bonchev–Trinajstić information content (AvgIpc) is 2.80. The lowest BCUT2D eigenvalue weighted by Gasteiger charge is -2.05. The normalized spacial score (nSPS) is 16.6. The van der Waals surface area contributed by atoms with Gasteiger partial charge in [-0.3, -0.25) is 4.79 Å². The highest BCUT2D eigenvalue weighted by Crippen LogP contribution is 2.29. The number of halogens is 1. The van der Waals surface area contributed by atoms with E-state index in [-0.39, 0.29) is 24.1 Å². The number of carbonyl (C=O) groups is 1. The first-order chi connectivity index (χ1) is 9.63. The second-order valence-electron chi connectivity index (χ2n) is 5.15. The van der Waals surface area contributed by atoms with Crippen molar-refractivity contribution in [2.24, 2.45) is 0 Å². The van der Waals surface area contributed by atoms with Crippen LogP contribution in [-0.4, -0.2) is 11.9 Å². The van der Waals surface area contributed by atoms with Gasteiger partial charge in [-0.1, -0.05) is 18.2 Å². The Morgan fingerprint density at radius 2 is 2.10 bits per heavy atom. The summed E-state index contributed by atoms with van der Waals surface area (Å²) in [5, 5.41) is 0. The van der Waals surface area contributed by atoms with E-state index in [4.69, 9.17) is 4.74 Å². The minimum atomic E-state index is -0.334. The zero-order chi connectivity index (χ0) is 14.1. The van der Waals surface area contributed by atoms with Crippen molar-refractivity contribution in [2.75, 3.05) is 0 Å². The Morgan fingerprint density at radius 3 is 2.90 bits per heavy atom. The van der Waals surface area contributed by atoms with Crippen molar-refractivity contribution in [2.45, 2.75) is 25.9 Å². The monoisotopic (exact) mass is 270 g/mol. The molecule has 0 spiro atoms. The van der Waals surface area contributed by atoms with E-state index >= 15 is 0 Å². The van der Waals surface area contributed by atoms with E-state index in [0.717, 1.165) is 17.7 Å². The van der Waals surface area contributed by atoms with Crippen LogP contribution in [0.1, 0.15) is 28.4 Å². The van der Waals surface area contributed by atoms with E-state index in [1.54, 1.807) is 24.3 Å². The maximum absolute atomic E-state index is 13.6. The zero-order valence-corrected chi connectivity index (χ0v) is 11.2. The van der Waals surface area contributed by atoms with Crippen LogP contribution in [0.2, 0.25) is 0 Å². The molecule has 1 atom stereocenters. The fourth-order valence-corrected chi connectivity index (χ4v) is 2.51. The van der Waals surface area contributed by atoms with Crippen molar-refractivity contribution >= 4 is 5.78 Å². The van der Waals surface area contributed by atoms with Gasteiger partial charge in [0, 0.05) is 18.4 Å². The second kappa shape index (κ2) is 5.08. The minimum absolute atomic E-state index is 0.0718. The Labute approximate surface area is 117 Å². The fourth-order valence-electron chi connectivity index (χ4n) is 2.51. The molecule has 1 unspecified atom stereocenters. The number of hydrogen-bond donors (Lipinski definition) is 0. The number of benzene rings is 2. The number of ether oxygens (including phenoxy) is 1. The van der Waals surface area contributed by atoms with Gasteiger partial charge in [0.15, 0.2) is 5.78 Å². The molecule has 0 N–H and O–H groups in total. The predicted octanol–water partition coefficient (Wildman–Crippen LogP) is 3.57. The van der Waals surface area contributed by atoms with E-state index in [1.165, 1.54) is 6.07 Å². The smallest absolute Gasteiger partial charge is 0.167 e. The topological polar surface area (TPSA) is 26.3 Å². The summed E-state index contributed by atoms with van der Waals surface area (Å²) in [6.45, 7) is 2.00. The molecule has 0 bridgehead atoms. The van der Waals surface area contributed by atoms with Crippen molar-refractivity contribution in [3.8, 4) is 5.75 Å². The van der Waals surface area contributed by atoms with Gasteiger partial charge in [0.1, 0.15) is 17.7 Å². The van der Waals surface area contributed by atoms with Crippen LogP contribution in [0, 0.1) is 5.82 Å². The predicted molar refractivity (Wildman–Crippen MR) is 74.7 cm³/mol. The highest BCUT2D eigenvalue weighted by Gasteiger charge is 2.20. The zero-order valence-electron chi connectivity index (χ0n) is 11.2. The Kier molecular flexibility index (Phi) is 3.26. The standard InChI is InChI=1S/C17H15FO2/c1-11-8-14-9-13(6-7-17(14)20-11)16(19)10-12-4-2-3-5-15(12)18/h2-7,9,11H,8,10H2,1H3. The molecule has 1 aliphatic rings. The average molecular weight is 270 g/mol. The van der Waals surface area contributed by atoms with Gasteiger partial charge in [0.25, 0.3) is 0 Å². The molecule has 0 amide bonds. The highest BCUT2D eigenvalue weighted by molar-refractivity contribution is 5.97. The van der Waals surface area contributed by atoms with Crippen molar-refractivity contribution in [3.05, 3.63) is 65.0 Å². The van der Waals surface area contributed by atoms with Gasteiger partial charge in [-0.05, 0) is 42.3 Å². The molecule has 0 radical (unpaired) electrons. The summed E-state index contributed by atoms with van der Waals surface area (Å²) in [5.74, 6) is 0.441. The lowest BCUT2D eigenvalue weighted by atomic mass is 9.99. The summed E-state index contributed by atoms with van der Waals surface area (Å²) in [7, 11) is 0. The molecule has 3 heteroatoms. The summed E-state index contributed by atoms with van der Waals surface area (Å²) in [5.41, 5.74) is 2.10. The van der Waals surface area contributed by atoms with Gasteiger partial charge in [-0.2, -0.15) is 0 Å². The van der Waals surface area contributed by atoms with Crippen LogP contribution in [0.4, 0.5) is 4.39 Å². The quantitative estimate of drug-likeness (QED) is 0.797. The molecule has 2 aromatic rings. The van der Waals surface area contributed by atoms with Gasteiger partial charge in [-0.15, -0.1) is 0 Å². The SMILES string of the molecule is CC1Cc2cc(C(=O)Cc3ccccc3F)ccc2O1. The third-order valence-electron chi connectivity index (χ3n) is 3.53. The van der Waals surface area contributed by atoms with Crippen molar-refractivity contribution in [3.63, 3.8) is 0 Å². The van der Waals surface area contributed by atoms with Gasteiger partial charge in [0.05, 0.1) is 0 Å². The Morgan fingerprint density at radius 1 is 1.30 bits per heavy atom. The van der Waals surface area contributed by atoms with Crippen LogP contribution in [0.25, 0.3) is 0 Å². The summed E-state index contributed by atoms with van der Waals surface area (Å²) in [6.07, 6.45) is 1.06. The molecule has 3 rings (SSSR count). The Balaban J connectivity index is 1.82. The van der Waals surface area contributed by atoms with Crippen molar-refractivity contribution in [1.82, 2.24) is 0 Å². The molecular formula is C17H15FO2. The van der Waals surface area contributed by atoms with Crippen LogP contribution in [0.3, 0.4) is 0 Å². The number of carbonyl (C=O) groups excluding carboxylic acids is 1. The molecule has 1 aliphatic heterocycles. The summed E-state index contributed by atoms with van der Waals surface area (Å²) in [6, 6.07) is 11.8. The number of hydrogen-bond acceptors (Lipinski definition) is 2. The molecule has 2 nitrogen and oxygen atoms in total. The molecule has 0 aliphatic carbocycles. The summed E-state index contributed by atoms with van der Waals surface area (Å²) in [4.78, 5) is 12.2. The van der Waals surface area contributed by atoms with Crippen molar-refractivity contribution in [1.29, 1.82) is 0 Å². The third-order valence-corrected chi connectivity index (χ3v) is 3.53. The lowest BCUT2D eigenvalue weighted by Crippen LogP contribution is -2.05. The molecule has 20 heavy (non-hydrogen) atoms. The maximum Gasteiger partial charge on any atom is 0.167 e. The first-order valence-electron chi connectivity index (χ1n) is 6.69.